The summed E-state index contributed by atoms with van der Waals surface area (Å²) in [4.78, 5) is 12.1. The molecule has 0 radical (unpaired) electrons. The number of para-hydroxylation sites is 1. The standard InChI is InChI=1S/C31H32N2O3/c1-4-7-10-18-35-25-13-11-12-22(20-25)26(5-2)31(23-16-17-28-24(19-23)21-32-33-28)27-14-8-9-15-29(27)36-30(34)6-3/h6,8-9,11-17,19-21H,3-5,7,10,18H2,1-2H3,(H,32,33)/b31-26+. The van der Waals surface area contributed by atoms with Gasteiger partial charge in [-0.05, 0) is 65.4 Å². The molecule has 0 amide bonds. The highest BCUT2D eigenvalue weighted by Gasteiger charge is 2.19. The summed E-state index contributed by atoms with van der Waals surface area (Å²) in [5.41, 5.74) is 6.00. The summed E-state index contributed by atoms with van der Waals surface area (Å²) in [6, 6.07) is 22.1. The van der Waals surface area contributed by atoms with Crippen molar-refractivity contribution in [2.75, 3.05) is 6.61 Å². The molecular formula is C31H32N2O3. The fourth-order valence-electron chi connectivity index (χ4n) is 4.34. The van der Waals surface area contributed by atoms with E-state index in [1.807, 2.05) is 48.7 Å². The van der Waals surface area contributed by atoms with Gasteiger partial charge in [-0.3, -0.25) is 5.10 Å². The molecule has 0 aliphatic rings. The number of fused-ring (bicyclic) bond motifs is 1. The number of hydrogen-bond acceptors (Lipinski definition) is 4. The van der Waals surface area contributed by atoms with Gasteiger partial charge in [-0.1, -0.05) is 69.7 Å². The average Bonchev–Trinajstić information content (AvgIpc) is 3.38. The summed E-state index contributed by atoms with van der Waals surface area (Å²) < 4.78 is 11.7. The third-order valence-corrected chi connectivity index (χ3v) is 6.12. The van der Waals surface area contributed by atoms with Gasteiger partial charge < -0.3 is 9.47 Å². The van der Waals surface area contributed by atoms with Crippen LogP contribution in [0.2, 0.25) is 0 Å². The predicted molar refractivity (Wildman–Crippen MR) is 146 cm³/mol. The van der Waals surface area contributed by atoms with Crippen LogP contribution in [0.4, 0.5) is 0 Å². The highest BCUT2D eigenvalue weighted by Crippen LogP contribution is 2.40. The monoisotopic (exact) mass is 480 g/mol. The Morgan fingerprint density at radius 2 is 1.86 bits per heavy atom. The van der Waals surface area contributed by atoms with Gasteiger partial charge in [-0.25, -0.2) is 4.79 Å². The molecule has 184 valence electrons. The molecule has 4 rings (SSSR count). The SMILES string of the molecule is C=CC(=O)Oc1ccccc1/C(=C(\CC)c1cccc(OCCCCC)c1)c1ccc2[nH]ncc2c1. The van der Waals surface area contributed by atoms with E-state index in [0.29, 0.717) is 12.4 Å². The number of benzene rings is 3. The zero-order valence-electron chi connectivity index (χ0n) is 20.9. The number of ether oxygens (including phenoxy) is 2. The number of nitrogens with zero attached hydrogens (tertiary/aromatic N) is 1. The van der Waals surface area contributed by atoms with Crippen LogP contribution < -0.4 is 9.47 Å². The van der Waals surface area contributed by atoms with Gasteiger partial charge in [0, 0.05) is 17.0 Å². The van der Waals surface area contributed by atoms with E-state index in [2.05, 4.69) is 54.9 Å². The van der Waals surface area contributed by atoms with Gasteiger partial charge in [0.25, 0.3) is 0 Å². The van der Waals surface area contributed by atoms with Gasteiger partial charge in [0.2, 0.25) is 0 Å². The molecule has 0 atom stereocenters. The van der Waals surface area contributed by atoms with E-state index in [1.165, 1.54) is 6.08 Å². The summed E-state index contributed by atoms with van der Waals surface area (Å²) in [6.07, 6.45) is 7.11. The molecule has 3 aromatic carbocycles. The van der Waals surface area contributed by atoms with Crippen LogP contribution in [-0.2, 0) is 4.79 Å². The second kappa shape index (κ2) is 12.0. The zero-order valence-corrected chi connectivity index (χ0v) is 20.9. The highest BCUT2D eigenvalue weighted by molar-refractivity contribution is 6.02. The Morgan fingerprint density at radius 3 is 2.67 bits per heavy atom. The summed E-state index contributed by atoms with van der Waals surface area (Å²) in [5.74, 6) is 0.848. The Hall–Kier alpha value is -4.12. The Morgan fingerprint density at radius 1 is 1.00 bits per heavy atom. The fourth-order valence-corrected chi connectivity index (χ4v) is 4.34. The van der Waals surface area contributed by atoms with Crippen molar-refractivity contribution in [3.8, 4) is 11.5 Å². The number of H-pyrrole nitrogens is 1. The largest absolute Gasteiger partial charge is 0.494 e. The van der Waals surface area contributed by atoms with Crippen molar-refractivity contribution in [1.29, 1.82) is 0 Å². The van der Waals surface area contributed by atoms with Gasteiger partial charge in [-0.2, -0.15) is 5.10 Å². The molecule has 0 aliphatic heterocycles. The van der Waals surface area contributed by atoms with Gasteiger partial charge in [0.05, 0.1) is 18.3 Å². The third kappa shape index (κ3) is 5.74. The van der Waals surface area contributed by atoms with E-state index in [-0.39, 0.29) is 0 Å². The first kappa shape index (κ1) is 25.0. The molecule has 5 heteroatoms. The van der Waals surface area contributed by atoms with Gasteiger partial charge in [-0.15, -0.1) is 0 Å². The van der Waals surface area contributed by atoms with Crippen molar-refractivity contribution in [3.63, 3.8) is 0 Å². The lowest BCUT2D eigenvalue weighted by molar-refractivity contribution is -0.128. The number of hydrogen-bond donors (Lipinski definition) is 1. The maximum absolute atomic E-state index is 12.1. The summed E-state index contributed by atoms with van der Waals surface area (Å²) in [6.45, 7) is 8.58. The van der Waals surface area contributed by atoms with E-state index >= 15 is 0 Å². The number of aromatic amines is 1. The molecule has 0 aliphatic carbocycles. The maximum Gasteiger partial charge on any atom is 0.335 e. The number of nitrogens with one attached hydrogen (secondary N) is 1. The first-order chi connectivity index (χ1) is 17.6. The third-order valence-electron chi connectivity index (χ3n) is 6.12. The van der Waals surface area contributed by atoms with Crippen LogP contribution in [0, 0.1) is 0 Å². The Balaban J connectivity index is 1.88. The molecule has 5 nitrogen and oxygen atoms in total. The number of aromatic nitrogens is 2. The summed E-state index contributed by atoms with van der Waals surface area (Å²) in [5, 5.41) is 8.21. The topological polar surface area (TPSA) is 64.2 Å². The molecule has 1 aromatic heterocycles. The fraction of sp³-hybridized carbons (Fsp3) is 0.226. The van der Waals surface area contributed by atoms with Crippen LogP contribution in [0.1, 0.15) is 56.2 Å². The Bertz CT molecular complexity index is 1380. The first-order valence-electron chi connectivity index (χ1n) is 12.5. The van der Waals surface area contributed by atoms with Crippen LogP contribution >= 0.6 is 0 Å². The van der Waals surface area contributed by atoms with Crippen molar-refractivity contribution >= 4 is 28.0 Å². The van der Waals surface area contributed by atoms with Crippen molar-refractivity contribution in [2.24, 2.45) is 0 Å². The molecule has 36 heavy (non-hydrogen) atoms. The number of carbonyl (C=O) groups is 1. The molecule has 0 spiro atoms. The minimum absolute atomic E-state index is 0.489. The second-order valence-corrected chi connectivity index (χ2v) is 8.58. The number of rotatable bonds is 11. The first-order valence-corrected chi connectivity index (χ1v) is 12.5. The molecule has 1 heterocycles. The minimum atomic E-state index is -0.493. The molecule has 0 unspecified atom stereocenters. The molecule has 0 saturated carbocycles. The highest BCUT2D eigenvalue weighted by atomic mass is 16.5. The van der Waals surface area contributed by atoms with Crippen molar-refractivity contribution in [3.05, 3.63) is 102 Å². The number of carbonyl (C=O) groups excluding carboxylic acids is 1. The lowest BCUT2D eigenvalue weighted by atomic mass is 9.87. The molecule has 1 N–H and O–H groups in total. The van der Waals surface area contributed by atoms with Gasteiger partial charge in [0.15, 0.2) is 0 Å². The van der Waals surface area contributed by atoms with E-state index in [4.69, 9.17) is 9.47 Å². The van der Waals surface area contributed by atoms with Crippen LogP contribution in [0.5, 0.6) is 11.5 Å². The summed E-state index contributed by atoms with van der Waals surface area (Å²) >= 11 is 0. The van der Waals surface area contributed by atoms with E-state index in [0.717, 1.165) is 70.2 Å². The van der Waals surface area contributed by atoms with Gasteiger partial charge >= 0.3 is 5.97 Å². The van der Waals surface area contributed by atoms with E-state index < -0.39 is 5.97 Å². The minimum Gasteiger partial charge on any atom is -0.494 e. The van der Waals surface area contributed by atoms with E-state index in [9.17, 15) is 4.79 Å². The van der Waals surface area contributed by atoms with Crippen LogP contribution in [0.3, 0.4) is 0 Å². The van der Waals surface area contributed by atoms with Crippen molar-refractivity contribution in [2.45, 2.75) is 39.5 Å². The molecular weight excluding hydrogens is 448 g/mol. The van der Waals surface area contributed by atoms with Crippen LogP contribution in [-0.4, -0.2) is 22.8 Å². The second-order valence-electron chi connectivity index (χ2n) is 8.58. The number of esters is 1. The molecule has 4 aromatic rings. The lowest BCUT2D eigenvalue weighted by Gasteiger charge is -2.19. The van der Waals surface area contributed by atoms with E-state index in [1.54, 1.807) is 0 Å². The molecule has 0 bridgehead atoms. The number of unbranched alkanes of at least 4 members (excludes halogenated alkanes) is 2. The zero-order chi connectivity index (χ0) is 25.3. The van der Waals surface area contributed by atoms with Crippen LogP contribution in [0.15, 0.2) is 85.6 Å². The Kier molecular flexibility index (Phi) is 8.35. The normalized spacial score (nSPS) is 11.7. The maximum atomic E-state index is 12.1. The van der Waals surface area contributed by atoms with Crippen LogP contribution in [0.25, 0.3) is 22.0 Å². The molecule has 0 saturated heterocycles. The smallest absolute Gasteiger partial charge is 0.335 e. The summed E-state index contributed by atoms with van der Waals surface area (Å²) in [7, 11) is 0. The van der Waals surface area contributed by atoms with Crippen molar-refractivity contribution < 1.29 is 14.3 Å². The van der Waals surface area contributed by atoms with Gasteiger partial charge in [0.1, 0.15) is 11.5 Å². The lowest BCUT2D eigenvalue weighted by Crippen LogP contribution is -2.06. The Labute approximate surface area is 212 Å². The predicted octanol–water partition coefficient (Wildman–Crippen LogP) is 7.59. The molecule has 0 fully saturated rings. The van der Waals surface area contributed by atoms with Crippen molar-refractivity contribution in [1.82, 2.24) is 10.2 Å². The average molecular weight is 481 g/mol. The quantitative estimate of drug-likeness (QED) is 0.0789. The number of allylic oxidation sites excluding steroid dienone is 1.